The van der Waals surface area contributed by atoms with Crippen LogP contribution in [0.3, 0.4) is 0 Å². The molecule has 2 aromatic carbocycles. The van der Waals surface area contributed by atoms with Gasteiger partial charge in [0.15, 0.2) is 5.13 Å². The Morgan fingerprint density at radius 2 is 1.96 bits per heavy atom. The van der Waals surface area contributed by atoms with Crippen LogP contribution in [0.4, 0.5) is 9.52 Å². The van der Waals surface area contributed by atoms with Crippen molar-refractivity contribution in [3.8, 4) is 11.1 Å². The summed E-state index contributed by atoms with van der Waals surface area (Å²) >= 11 is 15.5. The zero-order valence-corrected chi connectivity index (χ0v) is 29.1. The molecule has 5 heterocycles. The highest BCUT2D eigenvalue weighted by molar-refractivity contribution is 7.13. The molecule has 2 aliphatic rings. The molecule has 0 saturated carbocycles. The lowest BCUT2D eigenvalue weighted by molar-refractivity contribution is 0.134. The van der Waals surface area contributed by atoms with Crippen molar-refractivity contribution in [2.75, 3.05) is 18.4 Å². The summed E-state index contributed by atoms with van der Waals surface area (Å²) in [5.41, 5.74) is 5.90. The van der Waals surface area contributed by atoms with Gasteiger partial charge in [-0.2, -0.15) is 5.10 Å². The molecule has 246 valence electrons. The maximum atomic E-state index is 14.4. The number of benzene rings is 2. The topological polar surface area (TPSA) is 63.8 Å². The van der Waals surface area contributed by atoms with Crippen molar-refractivity contribution in [3.05, 3.63) is 93.7 Å². The van der Waals surface area contributed by atoms with Gasteiger partial charge in [-0.25, -0.2) is 14.4 Å². The first kappa shape index (κ1) is 32.3. The largest absolute Gasteiger partial charge is 0.333 e. The average Bonchev–Trinajstić information content (AvgIpc) is 3.87. The first-order valence-corrected chi connectivity index (χ1v) is 18.2. The van der Waals surface area contributed by atoms with E-state index in [1.165, 1.54) is 55.7 Å². The zero-order valence-electron chi connectivity index (χ0n) is 26.8. The Hall–Kier alpha value is -3.24. The lowest BCUT2D eigenvalue weighted by Gasteiger charge is -2.36. The highest BCUT2D eigenvalue weighted by Gasteiger charge is 2.32. The molecule has 1 fully saturated rings. The van der Waals surface area contributed by atoms with E-state index in [2.05, 4.69) is 59.9 Å². The average molecular weight is 693 g/mol. The van der Waals surface area contributed by atoms with Crippen LogP contribution in [0.2, 0.25) is 10.0 Å². The SMILES string of the molecule is C=C(Nc1nccs1)C(c1ncn2c1C[C@@H](F)C2)n1cc2c(Cl)cc(-c3ccc(CC4CCN(C(C)CCC)CC4)cc3)c(Cl)c2n1. The number of aromatic nitrogens is 5. The lowest BCUT2D eigenvalue weighted by Crippen LogP contribution is -2.40. The van der Waals surface area contributed by atoms with Gasteiger partial charge in [-0.3, -0.25) is 4.68 Å². The quantitative estimate of drug-likeness (QED) is 0.150. The Morgan fingerprint density at radius 1 is 1.17 bits per heavy atom. The van der Waals surface area contributed by atoms with Gasteiger partial charge in [0.05, 0.1) is 28.6 Å². The second-order valence-electron chi connectivity index (χ2n) is 13.0. The summed E-state index contributed by atoms with van der Waals surface area (Å²) in [5.74, 6) is 0.712. The highest BCUT2D eigenvalue weighted by atomic mass is 35.5. The maximum Gasteiger partial charge on any atom is 0.186 e. The van der Waals surface area contributed by atoms with E-state index in [0.29, 0.717) is 50.6 Å². The third-order valence-corrected chi connectivity index (χ3v) is 11.2. The molecule has 0 spiro atoms. The smallest absolute Gasteiger partial charge is 0.186 e. The summed E-state index contributed by atoms with van der Waals surface area (Å²) in [5, 5.41) is 12.7. The van der Waals surface area contributed by atoms with Gasteiger partial charge in [-0.05, 0) is 68.8 Å². The van der Waals surface area contributed by atoms with E-state index >= 15 is 0 Å². The third kappa shape index (κ3) is 6.60. The Morgan fingerprint density at radius 3 is 2.68 bits per heavy atom. The van der Waals surface area contributed by atoms with Crippen LogP contribution in [-0.2, 0) is 19.4 Å². The van der Waals surface area contributed by atoms with Crippen LogP contribution < -0.4 is 5.32 Å². The number of nitrogens with one attached hydrogen (secondary N) is 1. The van der Waals surface area contributed by atoms with Crippen LogP contribution >= 0.6 is 34.5 Å². The van der Waals surface area contributed by atoms with E-state index in [9.17, 15) is 4.39 Å². The molecular weight excluding hydrogens is 652 g/mol. The molecule has 0 bridgehead atoms. The second kappa shape index (κ2) is 13.7. The van der Waals surface area contributed by atoms with E-state index in [0.717, 1.165) is 28.6 Å². The number of allylic oxidation sites excluding steroid dienone is 1. The monoisotopic (exact) mass is 691 g/mol. The maximum absolute atomic E-state index is 14.4. The van der Waals surface area contributed by atoms with E-state index in [1.807, 2.05) is 22.2 Å². The summed E-state index contributed by atoms with van der Waals surface area (Å²) in [7, 11) is 0. The Balaban J connectivity index is 1.15. The molecule has 7 rings (SSSR count). The number of anilines is 1. The molecular formula is C36H40Cl2FN7S. The summed E-state index contributed by atoms with van der Waals surface area (Å²) in [6.45, 7) is 11.7. The molecule has 7 nitrogen and oxygen atoms in total. The van der Waals surface area contributed by atoms with Gasteiger partial charge >= 0.3 is 0 Å². The number of nitrogens with zero attached hydrogens (tertiary/aromatic N) is 6. The van der Waals surface area contributed by atoms with Crippen LogP contribution in [0.15, 0.2) is 66.7 Å². The standard InChI is InChI=1S/C36H40Cl2FN7S/c1-4-5-22(2)44-13-10-25(11-14-44)16-24-6-8-26(9-7-24)28-18-30(37)29-20-46(43-33(29)32(28)38)35(23(3)42-36-40-12-15-47-36)34-31-17-27(39)19-45(31)21-41-34/h6-9,12,15,18,20-22,25,27,35H,3-5,10-11,13-14,16-17,19H2,1-2H3,(H,40,42)/t22?,27-,35?/m1/s1. The molecule has 11 heteroatoms. The van der Waals surface area contributed by atoms with Crippen molar-refractivity contribution in [1.82, 2.24) is 29.2 Å². The van der Waals surface area contributed by atoms with E-state index in [1.54, 1.807) is 17.2 Å². The number of rotatable bonds is 11. The number of thiazole rings is 1. The fraction of sp³-hybridized carbons (Fsp3) is 0.417. The number of imidazole rings is 1. The predicted octanol–water partition coefficient (Wildman–Crippen LogP) is 9.22. The Bertz CT molecular complexity index is 1860. The molecule has 0 radical (unpaired) electrons. The Kier molecular flexibility index (Phi) is 9.42. The molecule has 2 unspecified atom stereocenters. The van der Waals surface area contributed by atoms with Gasteiger partial charge in [0.2, 0.25) is 0 Å². The highest BCUT2D eigenvalue weighted by Crippen LogP contribution is 2.40. The van der Waals surface area contributed by atoms with Crippen molar-refractivity contribution in [2.45, 2.75) is 77.2 Å². The molecule has 1 saturated heterocycles. The molecule has 0 aliphatic carbocycles. The number of hydrogen-bond acceptors (Lipinski definition) is 6. The van der Waals surface area contributed by atoms with E-state index in [-0.39, 0.29) is 6.42 Å². The number of halogens is 3. The first-order chi connectivity index (χ1) is 22.8. The number of likely N-dealkylation sites (tertiary alicyclic amines) is 1. The summed E-state index contributed by atoms with van der Waals surface area (Å²) in [4.78, 5) is 11.7. The molecule has 3 atom stereocenters. The van der Waals surface area contributed by atoms with Crippen LogP contribution in [0.25, 0.3) is 22.0 Å². The van der Waals surface area contributed by atoms with Gasteiger partial charge in [-0.1, -0.05) is 67.4 Å². The predicted molar refractivity (Wildman–Crippen MR) is 191 cm³/mol. The van der Waals surface area contributed by atoms with Crippen molar-refractivity contribution < 1.29 is 4.39 Å². The van der Waals surface area contributed by atoms with Gasteiger partial charge in [-0.15, -0.1) is 11.3 Å². The minimum atomic E-state index is -0.950. The van der Waals surface area contributed by atoms with Crippen molar-refractivity contribution in [1.29, 1.82) is 0 Å². The van der Waals surface area contributed by atoms with E-state index < -0.39 is 12.2 Å². The van der Waals surface area contributed by atoms with Gasteiger partial charge in [0, 0.05) is 52.6 Å². The normalized spacial score (nSPS) is 18.4. The van der Waals surface area contributed by atoms with E-state index in [4.69, 9.17) is 33.3 Å². The fourth-order valence-corrected chi connectivity index (χ4v) is 8.39. The van der Waals surface area contributed by atoms with Crippen molar-refractivity contribution >= 4 is 50.6 Å². The van der Waals surface area contributed by atoms with Crippen LogP contribution in [-0.4, -0.2) is 54.5 Å². The summed E-state index contributed by atoms with van der Waals surface area (Å²) < 4.78 is 18.1. The molecule has 2 aliphatic heterocycles. The Labute approximate surface area is 289 Å². The van der Waals surface area contributed by atoms with Crippen molar-refractivity contribution in [2.24, 2.45) is 5.92 Å². The number of hydrogen-bond donors (Lipinski definition) is 1. The zero-order chi connectivity index (χ0) is 32.7. The minimum Gasteiger partial charge on any atom is -0.333 e. The fourth-order valence-electron chi connectivity index (χ4n) is 7.28. The van der Waals surface area contributed by atoms with Gasteiger partial charge in [0.25, 0.3) is 0 Å². The van der Waals surface area contributed by atoms with Crippen LogP contribution in [0, 0.1) is 5.92 Å². The summed E-state index contributed by atoms with van der Waals surface area (Å²) in [6, 6.07) is 10.8. The number of fused-ring (bicyclic) bond motifs is 2. The second-order valence-corrected chi connectivity index (χ2v) is 14.7. The molecule has 5 aromatic rings. The molecule has 47 heavy (non-hydrogen) atoms. The minimum absolute atomic E-state index is 0.288. The van der Waals surface area contributed by atoms with Crippen molar-refractivity contribution in [3.63, 3.8) is 0 Å². The number of alkyl halides is 1. The third-order valence-electron chi connectivity index (χ3n) is 9.81. The van der Waals surface area contributed by atoms with Crippen LogP contribution in [0.1, 0.15) is 62.5 Å². The lowest BCUT2D eigenvalue weighted by atomic mass is 9.89. The van der Waals surface area contributed by atoms with Crippen LogP contribution in [0.5, 0.6) is 0 Å². The molecule has 3 aromatic heterocycles. The van der Waals surface area contributed by atoms with Gasteiger partial charge in [0.1, 0.15) is 17.7 Å². The van der Waals surface area contributed by atoms with Gasteiger partial charge < -0.3 is 14.8 Å². The number of piperidine rings is 1. The summed E-state index contributed by atoms with van der Waals surface area (Å²) in [6.07, 6.45) is 10.7. The first-order valence-electron chi connectivity index (χ1n) is 16.5. The molecule has 0 amide bonds. The molecule has 1 N–H and O–H groups in total.